The molecule has 0 fully saturated rings. The quantitative estimate of drug-likeness (QED) is 0.599. The van der Waals surface area contributed by atoms with Crippen molar-refractivity contribution in [2.24, 2.45) is 5.92 Å². The van der Waals surface area contributed by atoms with Crippen LogP contribution >= 0.6 is 0 Å². The van der Waals surface area contributed by atoms with Gasteiger partial charge < -0.3 is 13.8 Å². The monoisotopic (exact) mass is 405 g/mol. The highest BCUT2D eigenvalue weighted by Gasteiger charge is 2.16. The third-order valence-corrected chi connectivity index (χ3v) is 4.49. The first-order chi connectivity index (χ1) is 13.2. The molecule has 1 amide bonds. The summed E-state index contributed by atoms with van der Waals surface area (Å²) in [6.45, 7) is 5.22. The van der Waals surface area contributed by atoms with E-state index in [0.717, 1.165) is 23.1 Å². The van der Waals surface area contributed by atoms with E-state index in [2.05, 4.69) is 13.8 Å². The first kappa shape index (κ1) is 21.8. The van der Waals surface area contributed by atoms with Gasteiger partial charge in [0.05, 0.1) is 19.8 Å². The summed E-state index contributed by atoms with van der Waals surface area (Å²) < 4.78 is 32.4. The molecule has 152 valence electrons. The molecule has 0 saturated heterocycles. The fourth-order valence-corrected chi connectivity index (χ4v) is 3.23. The van der Waals surface area contributed by atoms with Gasteiger partial charge in [0.15, 0.2) is 0 Å². The van der Waals surface area contributed by atoms with Gasteiger partial charge in [-0.25, -0.2) is 0 Å². The Hall–Kier alpha value is -2.54. The second-order valence-corrected chi connectivity index (χ2v) is 8.70. The minimum absolute atomic E-state index is 0.0373. The summed E-state index contributed by atoms with van der Waals surface area (Å²) in [5, 5.41) is 0. The molecule has 0 N–H and O–H groups in total. The fraction of sp³-hybridized carbons (Fsp3) is 0.381. The smallest absolute Gasteiger partial charge is 0.306 e. The third-order valence-electron chi connectivity index (χ3n) is 4.00. The Morgan fingerprint density at radius 1 is 0.964 bits per heavy atom. The molecule has 7 heteroatoms. The van der Waals surface area contributed by atoms with Crippen molar-refractivity contribution < 1.29 is 22.1 Å². The molecule has 0 spiro atoms. The van der Waals surface area contributed by atoms with E-state index in [1.54, 1.807) is 31.4 Å². The zero-order valence-electron chi connectivity index (χ0n) is 16.7. The van der Waals surface area contributed by atoms with Crippen LogP contribution < -0.4 is 8.92 Å². The molecule has 0 aromatic heterocycles. The normalized spacial score (nSPS) is 11.3. The van der Waals surface area contributed by atoms with E-state index >= 15 is 0 Å². The molecule has 2 rings (SSSR count). The van der Waals surface area contributed by atoms with Gasteiger partial charge in [0.1, 0.15) is 11.5 Å². The lowest BCUT2D eigenvalue weighted by molar-refractivity contribution is -0.131. The zero-order chi connectivity index (χ0) is 20.7. The Morgan fingerprint density at radius 3 is 2.00 bits per heavy atom. The van der Waals surface area contributed by atoms with E-state index in [4.69, 9.17) is 8.92 Å². The molecule has 0 saturated carbocycles. The molecular formula is C21H27NO5S. The second kappa shape index (κ2) is 9.59. The van der Waals surface area contributed by atoms with Crippen molar-refractivity contribution in [2.45, 2.75) is 26.8 Å². The average molecular weight is 406 g/mol. The summed E-state index contributed by atoms with van der Waals surface area (Å²) >= 11 is 0. The number of hydrogen-bond donors (Lipinski definition) is 0. The summed E-state index contributed by atoms with van der Waals surface area (Å²) in [5.74, 6) is 1.38. The lowest BCUT2D eigenvalue weighted by Gasteiger charge is -2.25. The van der Waals surface area contributed by atoms with Crippen LogP contribution in [0.15, 0.2) is 48.5 Å². The minimum Gasteiger partial charge on any atom is -0.497 e. The Morgan fingerprint density at radius 2 is 1.50 bits per heavy atom. The SMILES string of the molecule is COc1ccc(CC(=O)N(Cc2ccc(OS(C)(=O)=O)cc2)CC(C)C)cc1. The van der Waals surface area contributed by atoms with Crippen molar-refractivity contribution in [1.29, 1.82) is 0 Å². The number of ether oxygens (including phenoxy) is 1. The number of amides is 1. The van der Waals surface area contributed by atoms with Crippen LogP contribution in [0.25, 0.3) is 0 Å². The van der Waals surface area contributed by atoms with Gasteiger partial charge in [-0.3, -0.25) is 4.79 Å². The van der Waals surface area contributed by atoms with E-state index in [-0.39, 0.29) is 11.7 Å². The molecule has 0 bridgehead atoms. The highest BCUT2D eigenvalue weighted by molar-refractivity contribution is 7.86. The van der Waals surface area contributed by atoms with Gasteiger partial charge in [0.2, 0.25) is 5.91 Å². The molecule has 2 aromatic rings. The van der Waals surface area contributed by atoms with E-state index in [1.165, 1.54) is 0 Å². The molecule has 6 nitrogen and oxygen atoms in total. The maximum atomic E-state index is 12.9. The summed E-state index contributed by atoms with van der Waals surface area (Å²) in [4.78, 5) is 14.7. The standard InChI is InChI=1S/C21H27NO5S/c1-16(2)14-22(21(23)13-17-5-9-19(26-3)10-6-17)15-18-7-11-20(12-8-18)27-28(4,24)25/h5-12,16H,13-15H2,1-4H3. The summed E-state index contributed by atoms with van der Waals surface area (Å²) in [6, 6.07) is 14.2. The van der Waals surface area contributed by atoms with Crippen molar-refractivity contribution in [3.63, 3.8) is 0 Å². The van der Waals surface area contributed by atoms with Crippen LogP contribution in [0.3, 0.4) is 0 Å². The van der Waals surface area contributed by atoms with Crippen LogP contribution in [-0.2, 0) is 27.9 Å². The van der Waals surface area contributed by atoms with Crippen molar-refractivity contribution in [3.8, 4) is 11.5 Å². The second-order valence-electron chi connectivity index (χ2n) is 7.12. The molecule has 0 radical (unpaired) electrons. The van der Waals surface area contributed by atoms with E-state index in [9.17, 15) is 13.2 Å². The van der Waals surface area contributed by atoms with Crippen LogP contribution in [0.5, 0.6) is 11.5 Å². The van der Waals surface area contributed by atoms with Gasteiger partial charge >= 0.3 is 10.1 Å². The molecule has 0 heterocycles. The summed E-state index contributed by atoms with van der Waals surface area (Å²) in [6.07, 6.45) is 1.31. The lowest BCUT2D eigenvalue weighted by Crippen LogP contribution is -2.34. The largest absolute Gasteiger partial charge is 0.497 e. The van der Waals surface area contributed by atoms with Crippen molar-refractivity contribution >= 4 is 16.0 Å². The molecule has 0 unspecified atom stereocenters. The molecule has 0 atom stereocenters. The highest BCUT2D eigenvalue weighted by Crippen LogP contribution is 2.17. The van der Waals surface area contributed by atoms with Crippen molar-refractivity contribution in [1.82, 2.24) is 4.90 Å². The molecule has 2 aromatic carbocycles. The van der Waals surface area contributed by atoms with Crippen LogP contribution in [0.1, 0.15) is 25.0 Å². The number of benzene rings is 2. The predicted molar refractivity (Wildman–Crippen MR) is 109 cm³/mol. The summed E-state index contributed by atoms with van der Waals surface area (Å²) in [7, 11) is -1.95. The maximum Gasteiger partial charge on any atom is 0.306 e. The van der Waals surface area contributed by atoms with E-state index < -0.39 is 10.1 Å². The number of rotatable bonds is 9. The van der Waals surface area contributed by atoms with Crippen LogP contribution in [0, 0.1) is 5.92 Å². The molecule has 0 aliphatic carbocycles. The van der Waals surface area contributed by atoms with Gasteiger partial charge in [0.25, 0.3) is 0 Å². The number of methoxy groups -OCH3 is 1. The molecule has 0 aliphatic rings. The van der Waals surface area contributed by atoms with Crippen molar-refractivity contribution in [2.75, 3.05) is 19.9 Å². The Bertz CT molecular complexity index is 874. The van der Waals surface area contributed by atoms with Gasteiger partial charge in [-0.2, -0.15) is 8.42 Å². The first-order valence-corrected chi connectivity index (χ1v) is 10.9. The third kappa shape index (κ3) is 7.23. The van der Waals surface area contributed by atoms with Gasteiger partial charge in [-0.1, -0.05) is 38.1 Å². The van der Waals surface area contributed by atoms with Gasteiger partial charge in [-0.15, -0.1) is 0 Å². The maximum absolute atomic E-state index is 12.9. The first-order valence-electron chi connectivity index (χ1n) is 9.05. The van der Waals surface area contributed by atoms with E-state index in [0.29, 0.717) is 25.4 Å². The van der Waals surface area contributed by atoms with Gasteiger partial charge in [0, 0.05) is 13.1 Å². The van der Waals surface area contributed by atoms with E-state index in [1.807, 2.05) is 29.2 Å². The molecular weight excluding hydrogens is 378 g/mol. The predicted octanol–water partition coefficient (Wildman–Crippen LogP) is 3.26. The molecule has 28 heavy (non-hydrogen) atoms. The minimum atomic E-state index is -3.56. The Kier molecular flexibility index (Phi) is 7.45. The average Bonchev–Trinajstić information content (AvgIpc) is 2.62. The fourth-order valence-electron chi connectivity index (χ4n) is 2.77. The number of nitrogens with zero attached hydrogens (tertiary/aromatic N) is 1. The number of carbonyl (C=O) groups is 1. The lowest BCUT2D eigenvalue weighted by atomic mass is 10.1. The van der Waals surface area contributed by atoms with Crippen molar-refractivity contribution in [3.05, 3.63) is 59.7 Å². The van der Waals surface area contributed by atoms with Crippen LogP contribution in [0.2, 0.25) is 0 Å². The van der Waals surface area contributed by atoms with Crippen LogP contribution in [-0.4, -0.2) is 39.1 Å². The highest BCUT2D eigenvalue weighted by atomic mass is 32.2. The zero-order valence-corrected chi connectivity index (χ0v) is 17.5. The summed E-state index contributed by atoms with van der Waals surface area (Å²) in [5.41, 5.74) is 1.83. The number of carbonyl (C=O) groups excluding carboxylic acids is 1. The Balaban J connectivity index is 2.08. The topological polar surface area (TPSA) is 72.9 Å². The number of hydrogen-bond acceptors (Lipinski definition) is 5. The van der Waals surface area contributed by atoms with Gasteiger partial charge in [-0.05, 0) is 41.3 Å². The Labute approximate surface area is 167 Å². The van der Waals surface area contributed by atoms with Crippen LogP contribution in [0.4, 0.5) is 0 Å². The molecule has 0 aliphatic heterocycles.